The molecule has 8 heteroatoms. The first kappa shape index (κ1) is 21.6. The maximum atomic E-state index is 12.5. The van der Waals surface area contributed by atoms with E-state index in [0.29, 0.717) is 17.5 Å². The van der Waals surface area contributed by atoms with E-state index in [1.54, 1.807) is 11.8 Å². The monoisotopic (exact) mass is 433 g/mol. The third kappa shape index (κ3) is 5.72. The lowest BCUT2D eigenvalue weighted by molar-refractivity contribution is -0.385. The summed E-state index contributed by atoms with van der Waals surface area (Å²) in [4.78, 5) is 26.8. The van der Waals surface area contributed by atoms with Gasteiger partial charge in [0.25, 0.3) is 11.6 Å². The van der Waals surface area contributed by atoms with Crippen LogP contribution in [0, 0.1) is 16.0 Å². The van der Waals surface area contributed by atoms with E-state index in [-0.39, 0.29) is 11.3 Å². The smallest absolute Gasteiger partial charge is 0.282 e. The number of nitro benzene ring substituents is 1. The summed E-state index contributed by atoms with van der Waals surface area (Å²) in [5, 5.41) is 14.3. The second-order valence-corrected chi connectivity index (χ2v) is 8.44. The molecule has 3 rings (SSSR count). The quantitative estimate of drug-likeness (QED) is 0.392. The molecule has 1 heterocycles. The van der Waals surface area contributed by atoms with E-state index in [0.717, 1.165) is 32.5 Å². The van der Waals surface area contributed by atoms with Gasteiger partial charge in [0.15, 0.2) is 0 Å². The first-order valence-electron chi connectivity index (χ1n) is 9.54. The fraction of sp³-hybridized carbons (Fsp3) is 0.381. The van der Waals surface area contributed by atoms with Crippen LogP contribution in [-0.4, -0.2) is 41.6 Å². The Morgan fingerprint density at radius 2 is 2.00 bits per heavy atom. The van der Waals surface area contributed by atoms with Crippen molar-refractivity contribution in [1.82, 2.24) is 10.2 Å². The Balaban J connectivity index is 1.51. The van der Waals surface area contributed by atoms with Crippen LogP contribution in [0.2, 0.25) is 5.02 Å². The van der Waals surface area contributed by atoms with Crippen molar-refractivity contribution in [3.63, 3.8) is 0 Å². The number of hydrogen-bond acceptors (Lipinski definition) is 5. The molecule has 0 saturated carbocycles. The van der Waals surface area contributed by atoms with Gasteiger partial charge < -0.3 is 5.32 Å². The average Bonchev–Trinajstić information content (AvgIpc) is 2.73. The van der Waals surface area contributed by atoms with Crippen LogP contribution in [0.4, 0.5) is 5.69 Å². The Morgan fingerprint density at radius 1 is 1.28 bits per heavy atom. The molecular weight excluding hydrogens is 410 g/mol. The molecule has 0 bridgehead atoms. The molecule has 1 fully saturated rings. The molecule has 29 heavy (non-hydrogen) atoms. The number of rotatable bonds is 7. The molecule has 1 aliphatic heterocycles. The number of thioether (sulfide) groups is 1. The Bertz CT molecular complexity index is 885. The number of carbonyl (C=O) groups is 1. The second kappa shape index (κ2) is 10.1. The van der Waals surface area contributed by atoms with Gasteiger partial charge in [-0.3, -0.25) is 19.8 Å². The number of halogens is 1. The molecular formula is C21H24ClN3O3S. The summed E-state index contributed by atoms with van der Waals surface area (Å²) in [5.74, 6) is -0.0836. The van der Waals surface area contributed by atoms with Gasteiger partial charge in [-0.25, -0.2) is 0 Å². The molecule has 1 saturated heterocycles. The van der Waals surface area contributed by atoms with Gasteiger partial charge in [-0.1, -0.05) is 29.8 Å². The molecule has 0 radical (unpaired) electrons. The van der Waals surface area contributed by atoms with E-state index in [4.69, 9.17) is 11.6 Å². The molecule has 1 N–H and O–H groups in total. The minimum Gasteiger partial charge on any atom is -0.352 e. The number of benzene rings is 2. The van der Waals surface area contributed by atoms with Gasteiger partial charge in [-0.05, 0) is 61.9 Å². The van der Waals surface area contributed by atoms with E-state index in [9.17, 15) is 14.9 Å². The summed E-state index contributed by atoms with van der Waals surface area (Å²) in [6, 6.07) is 12.5. The molecule has 0 aromatic heterocycles. The van der Waals surface area contributed by atoms with E-state index >= 15 is 0 Å². The van der Waals surface area contributed by atoms with Crippen molar-refractivity contribution in [2.24, 2.45) is 5.92 Å². The SMILES string of the molecule is CSc1ccccc1CN1CCC(CNC(=O)c2cc(Cl)ccc2[N+](=O)[O-])CC1. The van der Waals surface area contributed by atoms with Crippen molar-refractivity contribution < 1.29 is 9.72 Å². The van der Waals surface area contributed by atoms with Crippen LogP contribution < -0.4 is 5.32 Å². The highest BCUT2D eigenvalue weighted by Gasteiger charge is 2.23. The minimum absolute atomic E-state index is 0.00797. The second-order valence-electron chi connectivity index (χ2n) is 7.16. The summed E-state index contributed by atoms with van der Waals surface area (Å²) < 4.78 is 0. The highest BCUT2D eigenvalue weighted by atomic mass is 35.5. The number of carbonyl (C=O) groups excluding carboxylic acids is 1. The number of nitrogens with one attached hydrogen (secondary N) is 1. The summed E-state index contributed by atoms with van der Waals surface area (Å²) in [7, 11) is 0. The van der Waals surface area contributed by atoms with Crippen molar-refractivity contribution in [1.29, 1.82) is 0 Å². The van der Waals surface area contributed by atoms with Gasteiger partial charge in [-0.15, -0.1) is 11.8 Å². The van der Waals surface area contributed by atoms with E-state index < -0.39 is 10.8 Å². The molecule has 1 amide bonds. The van der Waals surface area contributed by atoms with Crippen LogP contribution in [0.25, 0.3) is 0 Å². The van der Waals surface area contributed by atoms with Crippen LogP contribution in [0.15, 0.2) is 47.4 Å². The Kier molecular flexibility index (Phi) is 7.52. The van der Waals surface area contributed by atoms with Crippen LogP contribution >= 0.6 is 23.4 Å². The van der Waals surface area contributed by atoms with Crippen molar-refractivity contribution in [3.05, 3.63) is 68.7 Å². The van der Waals surface area contributed by atoms with Crippen molar-refractivity contribution in [3.8, 4) is 0 Å². The maximum Gasteiger partial charge on any atom is 0.282 e. The number of likely N-dealkylation sites (tertiary alicyclic amines) is 1. The average molecular weight is 434 g/mol. The predicted molar refractivity (Wildman–Crippen MR) is 117 cm³/mol. The standard InChI is InChI=1S/C21H24ClN3O3S/c1-29-20-5-3-2-4-16(20)14-24-10-8-15(9-11-24)13-23-21(26)18-12-17(22)6-7-19(18)25(27)28/h2-7,12,15H,8-11,13-14H2,1H3,(H,23,26). The van der Waals surface area contributed by atoms with Gasteiger partial charge in [0.05, 0.1) is 4.92 Å². The first-order valence-corrected chi connectivity index (χ1v) is 11.1. The third-order valence-corrected chi connectivity index (χ3v) is 6.32. The van der Waals surface area contributed by atoms with E-state index in [2.05, 4.69) is 40.7 Å². The molecule has 2 aromatic carbocycles. The zero-order valence-corrected chi connectivity index (χ0v) is 17.8. The van der Waals surface area contributed by atoms with E-state index in [1.807, 2.05) is 0 Å². The fourth-order valence-electron chi connectivity index (χ4n) is 3.60. The Labute approximate surface area is 179 Å². The number of nitro groups is 1. The maximum absolute atomic E-state index is 12.5. The number of piperidine rings is 1. The highest BCUT2D eigenvalue weighted by molar-refractivity contribution is 7.98. The molecule has 154 valence electrons. The number of amides is 1. The lowest BCUT2D eigenvalue weighted by atomic mass is 9.96. The summed E-state index contributed by atoms with van der Waals surface area (Å²) in [6.45, 7) is 3.39. The lowest BCUT2D eigenvalue weighted by Gasteiger charge is -2.32. The predicted octanol–water partition coefficient (Wildman–Crippen LogP) is 4.61. The van der Waals surface area contributed by atoms with Crippen molar-refractivity contribution >= 4 is 35.0 Å². The highest BCUT2D eigenvalue weighted by Crippen LogP contribution is 2.25. The lowest BCUT2D eigenvalue weighted by Crippen LogP contribution is -2.38. The molecule has 6 nitrogen and oxygen atoms in total. The van der Waals surface area contributed by atoms with E-state index in [1.165, 1.54) is 28.7 Å². The van der Waals surface area contributed by atoms with Crippen LogP contribution in [0.1, 0.15) is 28.8 Å². The van der Waals surface area contributed by atoms with Gasteiger partial charge in [0, 0.05) is 29.1 Å². The van der Waals surface area contributed by atoms with Crippen LogP contribution in [0.5, 0.6) is 0 Å². The zero-order chi connectivity index (χ0) is 20.8. The third-order valence-electron chi connectivity index (χ3n) is 5.24. The number of hydrogen-bond donors (Lipinski definition) is 1. The molecule has 0 spiro atoms. The summed E-state index contributed by atoms with van der Waals surface area (Å²) in [5.41, 5.74) is 1.13. The molecule has 0 unspecified atom stereocenters. The molecule has 2 aromatic rings. The molecule has 0 aliphatic carbocycles. The first-order chi connectivity index (χ1) is 14.0. The topological polar surface area (TPSA) is 75.5 Å². The normalized spacial score (nSPS) is 15.2. The van der Waals surface area contributed by atoms with Gasteiger partial charge >= 0.3 is 0 Å². The van der Waals surface area contributed by atoms with Crippen LogP contribution in [0.3, 0.4) is 0 Å². The Morgan fingerprint density at radius 3 is 2.69 bits per heavy atom. The summed E-state index contributed by atoms with van der Waals surface area (Å²) >= 11 is 7.68. The number of nitrogens with zero attached hydrogens (tertiary/aromatic N) is 2. The van der Waals surface area contributed by atoms with Gasteiger partial charge in [0.1, 0.15) is 5.56 Å². The zero-order valence-electron chi connectivity index (χ0n) is 16.3. The van der Waals surface area contributed by atoms with Gasteiger partial charge in [-0.2, -0.15) is 0 Å². The van der Waals surface area contributed by atoms with Crippen LogP contribution in [-0.2, 0) is 6.54 Å². The Hall–Kier alpha value is -2.09. The minimum atomic E-state index is -0.559. The molecule has 1 aliphatic rings. The fourth-order valence-corrected chi connectivity index (χ4v) is 4.39. The largest absolute Gasteiger partial charge is 0.352 e. The van der Waals surface area contributed by atoms with Crippen molar-refractivity contribution in [2.45, 2.75) is 24.3 Å². The van der Waals surface area contributed by atoms with Gasteiger partial charge in [0.2, 0.25) is 0 Å². The summed E-state index contributed by atoms with van der Waals surface area (Å²) in [6.07, 6.45) is 4.07. The molecule has 0 atom stereocenters. The van der Waals surface area contributed by atoms with Crippen molar-refractivity contribution in [2.75, 3.05) is 25.9 Å².